The summed E-state index contributed by atoms with van der Waals surface area (Å²) in [5.74, 6) is -0.552. The molecule has 0 aliphatic heterocycles. The minimum absolute atomic E-state index is 0.0455. The fourth-order valence-corrected chi connectivity index (χ4v) is 2.33. The van der Waals surface area contributed by atoms with E-state index in [1.165, 1.54) is 12.1 Å². The average molecular weight is 345 g/mol. The third-order valence-electron chi connectivity index (χ3n) is 3.51. The van der Waals surface area contributed by atoms with Crippen LogP contribution < -0.4 is 5.32 Å². The molecule has 7 heteroatoms. The Kier molecular flexibility index (Phi) is 4.56. The standard InChI is InChI=1S/C18H14F3N3O/c19-18(20,21)15-4-3-5-16(22-15)23-17(25)12-13-6-8-14(9-7-13)24-10-1-2-11-24/h1-11H,12H2,(H,22,23,25). The molecule has 0 radical (unpaired) electrons. The van der Waals surface area contributed by atoms with E-state index in [2.05, 4.69) is 10.3 Å². The van der Waals surface area contributed by atoms with Crippen molar-refractivity contribution in [2.75, 3.05) is 5.32 Å². The van der Waals surface area contributed by atoms with Gasteiger partial charge in [0.1, 0.15) is 11.5 Å². The van der Waals surface area contributed by atoms with Crippen molar-refractivity contribution in [3.63, 3.8) is 0 Å². The van der Waals surface area contributed by atoms with Crippen molar-refractivity contribution in [3.8, 4) is 5.69 Å². The first kappa shape index (κ1) is 16.8. The first-order valence-corrected chi connectivity index (χ1v) is 7.48. The van der Waals surface area contributed by atoms with Crippen molar-refractivity contribution < 1.29 is 18.0 Å². The zero-order valence-electron chi connectivity index (χ0n) is 13.0. The number of amides is 1. The molecule has 3 rings (SSSR count). The molecule has 128 valence electrons. The molecule has 0 saturated heterocycles. The number of carbonyl (C=O) groups is 1. The minimum atomic E-state index is -4.55. The molecule has 0 saturated carbocycles. The first-order chi connectivity index (χ1) is 11.9. The Morgan fingerprint density at radius 1 is 1.00 bits per heavy atom. The van der Waals surface area contributed by atoms with E-state index in [1.54, 1.807) is 12.1 Å². The van der Waals surface area contributed by atoms with E-state index in [-0.39, 0.29) is 12.2 Å². The molecule has 0 aliphatic carbocycles. The number of aromatic nitrogens is 2. The van der Waals surface area contributed by atoms with Crippen LogP contribution in [-0.2, 0) is 17.4 Å². The molecule has 1 amide bonds. The molecule has 1 N–H and O–H groups in total. The SMILES string of the molecule is O=C(Cc1ccc(-n2cccc2)cc1)Nc1cccc(C(F)(F)F)n1. The topological polar surface area (TPSA) is 46.9 Å². The lowest BCUT2D eigenvalue weighted by atomic mass is 10.1. The van der Waals surface area contributed by atoms with Crippen LogP contribution in [0.25, 0.3) is 5.69 Å². The van der Waals surface area contributed by atoms with Gasteiger partial charge in [-0.05, 0) is 42.0 Å². The van der Waals surface area contributed by atoms with Gasteiger partial charge in [-0.25, -0.2) is 4.98 Å². The number of pyridine rings is 1. The van der Waals surface area contributed by atoms with Gasteiger partial charge in [-0.1, -0.05) is 18.2 Å². The number of nitrogens with one attached hydrogen (secondary N) is 1. The molecule has 0 spiro atoms. The molecule has 3 aromatic rings. The molecule has 0 bridgehead atoms. The molecular formula is C18H14F3N3O. The van der Waals surface area contributed by atoms with E-state index >= 15 is 0 Å². The van der Waals surface area contributed by atoms with E-state index in [4.69, 9.17) is 0 Å². The molecule has 25 heavy (non-hydrogen) atoms. The number of alkyl halides is 3. The molecule has 2 heterocycles. The largest absolute Gasteiger partial charge is 0.433 e. The van der Waals surface area contributed by atoms with Crippen molar-refractivity contribution >= 4 is 11.7 Å². The maximum atomic E-state index is 12.6. The summed E-state index contributed by atoms with van der Waals surface area (Å²) in [5, 5.41) is 2.39. The lowest BCUT2D eigenvalue weighted by Crippen LogP contribution is -2.17. The summed E-state index contributed by atoms with van der Waals surface area (Å²) in [6.45, 7) is 0. The van der Waals surface area contributed by atoms with Gasteiger partial charge in [0.2, 0.25) is 5.91 Å². The second-order valence-electron chi connectivity index (χ2n) is 5.39. The zero-order chi connectivity index (χ0) is 17.9. The van der Waals surface area contributed by atoms with Crippen LogP contribution in [0.3, 0.4) is 0 Å². The third kappa shape index (κ3) is 4.26. The smallest absolute Gasteiger partial charge is 0.324 e. The fraction of sp³-hybridized carbons (Fsp3) is 0.111. The van der Waals surface area contributed by atoms with Gasteiger partial charge >= 0.3 is 6.18 Å². The van der Waals surface area contributed by atoms with Gasteiger partial charge in [0.25, 0.3) is 0 Å². The van der Waals surface area contributed by atoms with Crippen molar-refractivity contribution in [2.45, 2.75) is 12.6 Å². The van der Waals surface area contributed by atoms with Gasteiger partial charge < -0.3 is 9.88 Å². The van der Waals surface area contributed by atoms with Crippen molar-refractivity contribution in [1.29, 1.82) is 0 Å². The van der Waals surface area contributed by atoms with E-state index in [9.17, 15) is 18.0 Å². The van der Waals surface area contributed by atoms with Crippen LogP contribution in [0.4, 0.5) is 19.0 Å². The van der Waals surface area contributed by atoms with E-state index in [0.717, 1.165) is 17.3 Å². The predicted molar refractivity (Wildman–Crippen MR) is 87.3 cm³/mol. The van der Waals surface area contributed by atoms with Crippen LogP contribution >= 0.6 is 0 Å². The van der Waals surface area contributed by atoms with E-state index < -0.39 is 17.8 Å². The molecule has 0 fully saturated rings. The number of halogens is 3. The number of hydrogen-bond donors (Lipinski definition) is 1. The summed E-state index contributed by atoms with van der Waals surface area (Å²) in [7, 11) is 0. The van der Waals surface area contributed by atoms with Gasteiger partial charge in [0.15, 0.2) is 0 Å². The zero-order valence-corrected chi connectivity index (χ0v) is 13.0. The lowest BCUT2D eigenvalue weighted by Gasteiger charge is -2.09. The highest BCUT2D eigenvalue weighted by Crippen LogP contribution is 2.28. The summed E-state index contributed by atoms with van der Waals surface area (Å²) in [6.07, 6.45) is -0.693. The summed E-state index contributed by atoms with van der Waals surface area (Å²) < 4.78 is 39.8. The van der Waals surface area contributed by atoms with Gasteiger partial charge in [-0.15, -0.1) is 0 Å². The third-order valence-corrected chi connectivity index (χ3v) is 3.51. The highest BCUT2D eigenvalue weighted by molar-refractivity contribution is 5.91. The van der Waals surface area contributed by atoms with Crippen molar-refractivity contribution in [1.82, 2.24) is 9.55 Å². The Labute approximate surface area is 141 Å². The Morgan fingerprint density at radius 3 is 2.32 bits per heavy atom. The fourth-order valence-electron chi connectivity index (χ4n) is 2.33. The Balaban J connectivity index is 1.65. The summed E-state index contributed by atoms with van der Waals surface area (Å²) in [6, 6.07) is 14.5. The van der Waals surface area contributed by atoms with Crippen LogP contribution in [0.1, 0.15) is 11.3 Å². The second-order valence-corrected chi connectivity index (χ2v) is 5.39. The normalized spacial score (nSPS) is 11.3. The maximum absolute atomic E-state index is 12.6. The number of carbonyl (C=O) groups excluding carboxylic acids is 1. The second kappa shape index (κ2) is 6.80. The summed E-state index contributed by atoms with van der Waals surface area (Å²) in [4.78, 5) is 15.4. The van der Waals surface area contributed by atoms with Crippen molar-refractivity contribution in [3.05, 3.63) is 78.2 Å². The molecular weight excluding hydrogens is 331 g/mol. The lowest BCUT2D eigenvalue weighted by molar-refractivity contribution is -0.141. The van der Waals surface area contributed by atoms with Crippen LogP contribution in [0.15, 0.2) is 67.0 Å². The molecule has 4 nitrogen and oxygen atoms in total. The molecule has 0 atom stereocenters. The Hall–Kier alpha value is -3.09. The maximum Gasteiger partial charge on any atom is 0.433 e. The van der Waals surface area contributed by atoms with Gasteiger partial charge in [0.05, 0.1) is 6.42 Å². The predicted octanol–water partition coefficient (Wildman–Crippen LogP) is 4.07. The first-order valence-electron chi connectivity index (χ1n) is 7.48. The molecule has 0 unspecified atom stereocenters. The van der Waals surface area contributed by atoms with Crippen LogP contribution in [0.2, 0.25) is 0 Å². The Bertz CT molecular complexity index is 856. The molecule has 2 aromatic heterocycles. The average Bonchev–Trinajstić information content (AvgIpc) is 3.09. The van der Waals surface area contributed by atoms with Crippen molar-refractivity contribution in [2.24, 2.45) is 0 Å². The van der Waals surface area contributed by atoms with Gasteiger partial charge in [-0.2, -0.15) is 13.2 Å². The van der Waals surface area contributed by atoms with Gasteiger partial charge in [-0.3, -0.25) is 4.79 Å². The van der Waals surface area contributed by atoms with E-state index in [0.29, 0.717) is 0 Å². The number of rotatable bonds is 4. The number of hydrogen-bond acceptors (Lipinski definition) is 2. The number of anilines is 1. The quantitative estimate of drug-likeness (QED) is 0.775. The highest BCUT2D eigenvalue weighted by Gasteiger charge is 2.32. The number of nitrogens with zero attached hydrogens (tertiary/aromatic N) is 2. The number of benzene rings is 1. The molecule has 1 aromatic carbocycles. The van der Waals surface area contributed by atoms with Crippen LogP contribution in [-0.4, -0.2) is 15.5 Å². The highest BCUT2D eigenvalue weighted by atomic mass is 19.4. The van der Waals surface area contributed by atoms with Crippen LogP contribution in [0, 0.1) is 0 Å². The monoisotopic (exact) mass is 345 g/mol. The summed E-state index contributed by atoms with van der Waals surface area (Å²) in [5.41, 5.74) is 0.662. The van der Waals surface area contributed by atoms with Crippen LogP contribution in [0.5, 0.6) is 0 Å². The molecule has 0 aliphatic rings. The summed E-state index contributed by atoms with van der Waals surface area (Å²) >= 11 is 0. The minimum Gasteiger partial charge on any atom is -0.324 e. The Morgan fingerprint density at radius 2 is 1.68 bits per heavy atom. The van der Waals surface area contributed by atoms with E-state index in [1.807, 2.05) is 41.2 Å². The van der Waals surface area contributed by atoms with Gasteiger partial charge in [0, 0.05) is 18.1 Å².